The number of aromatic nitrogens is 1. The Morgan fingerprint density at radius 2 is 2.00 bits per heavy atom. The molecule has 0 aliphatic heterocycles. The van der Waals surface area contributed by atoms with E-state index in [0.717, 1.165) is 18.2 Å². The number of carbonyl (C=O) groups excluding carboxylic acids is 1. The van der Waals surface area contributed by atoms with Crippen molar-refractivity contribution in [2.24, 2.45) is 0 Å². The predicted octanol–water partition coefficient (Wildman–Crippen LogP) is 2.52. The lowest BCUT2D eigenvalue weighted by Crippen LogP contribution is -2.15. The molecule has 1 heterocycles. The zero-order chi connectivity index (χ0) is 14.7. The van der Waals surface area contributed by atoms with Crippen LogP contribution in [0.1, 0.15) is 10.4 Å². The summed E-state index contributed by atoms with van der Waals surface area (Å²) in [6, 6.07) is 6.24. The lowest BCUT2D eigenvalue weighted by atomic mass is 10.1. The maximum absolute atomic E-state index is 13.0. The molecule has 20 heavy (non-hydrogen) atoms. The number of hydrogen-bond donors (Lipinski definition) is 1. The van der Waals surface area contributed by atoms with Gasteiger partial charge < -0.3 is 5.32 Å². The zero-order valence-electron chi connectivity index (χ0n) is 9.84. The van der Waals surface area contributed by atoms with Crippen LogP contribution >= 0.6 is 0 Å². The first-order chi connectivity index (χ1) is 9.47. The summed E-state index contributed by atoms with van der Waals surface area (Å²) < 4.78 is 25.8. The third-order valence-electron chi connectivity index (χ3n) is 2.36. The molecule has 0 aliphatic carbocycles. The van der Waals surface area contributed by atoms with Crippen molar-refractivity contribution in [1.82, 2.24) is 4.98 Å². The van der Waals surface area contributed by atoms with E-state index >= 15 is 0 Å². The fourth-order valence-electron chi connectivity index (χ4n) is 1.51. The van der Waals surface area contributed by atoms with Gasteiger partial charge in [0.25, 0.3) is 11.6 Å². The second-order valence-electron chi connectivity index (χ2n) is 3.72. The molecule has 0 atom stereocenters. The molecule has 1 aromatic heterocycles. The number of pyridine rings is 1. The van der Waals surface area contributed by atoms with Gasteiger partial charge in [-0.25, -0.2) is 9.37 Å². The molecule has 0 unspecified atom stereocenters. The number of rotatable bonds is 3. The first-order valence-corrected chi connectivity index (χ1v) is 5.35. The second kappa shape index (κ2) is 5.39. The highest BCUT2D eigenvalue weighted by Crippen LogP contribution is 2.20. The number of halogens is 2. The Kier molecular flexibility index (Phi) is 3.65. The van der Waals surface area contributed by atoms with Crippen LogP contribution in [-0.4, -0.2) is 15.8 Å². The summed E-state index contributed by atoms with van der Waals surface area (Å²) in [5.41, 5.74) is -1.03. The van der Waals surface area contributed by atoms with E-state index in [-0.39, 0.29) is 11.4 Å². The molecule has 0 radical (unpaired) electrons. The minimum absolute atomic E-state index is 0.103. The van der Waals surface area contributed by atoms with Crippen LogP contribution in [0.4, 0.5) is 20.3 Å². The Morgan fingerprint density at radius 1 is 1.25 bits per heavy atom. The van der Waals surface area contributed by atoms with Gasteiger partial charge in [-0.3, -0.25) is 14.9 Å². The molecule has 6 nitrogen and oxygen atoms in total. The maximum atomic E-state index is 13.0. The number of benzene rings is 1. The molecule has 1 amide bonds. The van der Waals surface area contributed by atoms with Gasteiger partial charge in [-0.2, -0.15) is 4.39 Å². The lowest BCUT2D eigenvalue weighted by molar-refractivity contribution is -0.385. The first-order valence-electron chi connectivity index (χ1n) is 5.35. The average molecular weight is 279 g/mol. The number of amides is 1. The SMILES string of the molecule is O=C(Nc1cccc(F)n1)c1ccc(F)cc1[N+](=O)[O-]. The molecule has 0 saturated carbocycles. The van der Waals surface area contributed by atoms with Crippen LogP contribution in [0.2, 0.25) is 0 Å². The van der Waals surface area contributed by atoms with Crippen LogP contribution < -0.4 is 5.32 Å². The predicted molar refractivity (Wildman–Crippen MR) is 65.2 cm³/mol. The third kappa shape index (κ3) is 2.91. The van der Waals surface area contributed by atoms with Crippen LogP contribution in [0.3, 0.4) is 0 Å². The second-order valence-corrected chi connectivity index (χ2v) is 3.72. The maximum Gasteiger partial charge on any atom is 0.285 e. The van der Waals surface area contributed by atoms with Crippen LogP contribution in [0.5, 0.6) is 0 Å². The van der Waals surface area contributed by atoms with E-state index in [0.29, 0.717) is 6.07 Å². The molecule has 1 aromatic carbocycles. The zero-order valence-corrected chi connectivity index (χ0v) is 9.84. The Bertz CT molecular complexity index is 691. The molecule has 2 aromatic rings. The fraction of sp³-hybridized carbons (Fsp3) is 0. The normalized spacial score (nSPS) is 10.1. The van der Waals surface area contributed by atoms with Crippen molar-refractivity contribution in [3.63, 3.8) is 0 Å². The van der Waals surface area contributed by atoms with E-state index in [9.17, 15) is 23.7 Å². The molecule has 0 bridgehead atoms. The van der Waals surface area contributed by atoms with Crippen molar-refractivity contribution in [2.45, 2.75) is 0 Å². The van der Waals surface area contributed by atoms with E-state index in [1.165, 1.54) is 12.1 Å². The Morgan fingerprint density at radius 3 is 2.65 bits per heavy atom. The van der Waals surface area contributed by atoms with E-state index in [1.807, 2.05) is 0 Å². The van der Waals surface area contributed by atoms with Crippen molar-refractivity contribution in [1.29, 1.82) is 0 Å². The summed E-state index contributed by atoms with van der Waals surface area (Å²) in [5.74, 6) is -2.63. The lowest BCUT2D eigenvalue weighted by Gasteiger charge is -2.05. The van der Waals surface area contributed by atoms with Crippen molar-refractivity contribution in [3.05, 3.63) is 63.8 Å². The molecule has 0 saturated heterocycles. The molecule has 8 heteroatoms. The van der Waals surface area contributed by atoms with Crippen LogP contribution in [0.15, 0.2) is 36.4 Å². The fourth-order valence-corrected chi connectivity index (χ4v) is 1.51. The number of carbonyl (C=O) groups is 1. The van der Waals surface area contributed by atoms with Gasteiger partial charge in [0.2, 0.25) is 5.95 Å². The van der Waals surface area contributed by atoms with Crippen molar-refractivity contribution >= 4 is 17.4 Å². The van der Waals surface area contributed by atoms with Gasteiger partial charge in [0.05, 0.1) is 11.0 Å². The number of nitro benzene ring substituents is 1. The van der Waals surface area contributed by atoms with Gasteiger partial charge in [-0.1, -0.05) is 6.07 Å². The molecule has 102 valence electrons. The van der Waals surface area contributed by atoms with E-state index < -0.39 is 28.3 Å². The highest BCUT2D eigenvalue weighted by Gasteiger charge is 2.21. The Hall–Kier alpha value is -2.90. The highest BCUT2D eigenvalue weighted by molar-refractivity contribution is 6.06. The van der Waals surface area contributed by atoms with Gasteiger partial charge in [0, 0.05) is 0 Å². The first kappa shape index (κ1) is 13.5. The summed E-state index contributed by atoms with van der Waals surface area (Å²) in [7, 11) is 0. The van der Waals surface area contributed by atoms with E-state index in [1.54, 1.807) is 0 Å². The number of nitro groups is 1. The Balaban J connectivity index is 2.32. The molecule has 0 aliphatic rings. The number of nitrogens with zero attached hydrogens (tertiary/aromatic N) is 2. The van der Waals surface area contributed by atoms with Crippen molar-refractivity contribution < 1.29 is 18.5 Å². The van der Waals surface area contributed by atoms with Crippen LogP contribution in [0, 0.1) is 21.9 Å². The third-order valence-corrected chi connectivity index (χ3v) is 2.36. The minimum atomic E-state index is -0.880. The highest BCUT2D eigenvalue weighted by atomic mass is 19.1. The van der Waals surface area contributed by atoms with E-state index in [4.69, 9.17) is 0 Å². The Labute approximate surface area is 111 Å². The van der Waals surface area contributed by atoms with Crippen LogP contribution in [0.25, 0.3) is 0 Å². The summed E-state index contributed by atoms with van der Waals surface area (Å²) in [6.45, 7) is 0. The number of nitrogens with one attached hydrogen (secondary N) is 1. The molecular weight excluding hydrogens is 272 g/mol. The molecular formula is C12H7F2N3O3. The van der Waals surface area contributed by atoms with Gasteiger partial charge in [0.15, 0.2) is 0 Å². The van der Waals surface area contributed by atoms with Gasteiger partial charge in [0.1, 0.15) is 17.2 Å². The molecule has 2 rings (SSSR count). The van der Waals surface area contributed by atoms with Gasteiger partial charge in [-0.15, -0.1) is 0 Å². The average Bonchev–Trinajstić information content (AvgIpc) is 2.38. The standard InChI is InChI=1S/C12H7F2N3O3/c13-7-4-5-8(9(6-7)17(19)20)12(18)16-11-3-1-2-10(14)15-11/h1-6H,(H,15,16,18). The topological polar surface area (TPSA) is 85.1 Å². The number of anilines is 1. The summed E-state index contributed by atoms with van der Waals surface area (Å²) in [6.07, 6.45) is 0. The largest absolute Gasteiger partial charge is 0.306 e. The van der Waals surface area contributed by atoms with Crippen molar-refractivity contribution in [2.75, 3.05) is 5.32 Å². The monoisotopic (exact) mass is 279 g/mol. The molecule has 0 spiro atoms. The summed E-state index contributed by atoms with van der Waals surface area (Å²) in [4.78, 5) is 25.1. The smallest absolute Gasteiger partial charge is 0.285 e. The van der Waals surface area contributed by atoms with E-state index in [2.05, 4.69) is 10.3 Å². The summed E-state index contributed by atoms with van der Waals surface area (Å²) >= 11 is 0. The quantitative estimate of drug-likeness (QED) is 0.531. The van der Waals surface area contributed by atoms with Crippen LogP contribution in [-0.2, 0) is 0 Å². The molecule has 1 N–H and O–H groups in total. The van der Waals surface area contributed by atoms with Gasteiger partial charge in [-0.05, 0) is 24.3 Å². The number of hydrogen-bond acceptors (Lipinski definition) is 4. The molecule has 0 fully saturated rings. The van der Waals surface area contributed by atoms with Crippen molar-refractivity contribution in [3.8, 4) is 0 Å². The summed E-state index contributed by atoms with van der Waals surface area (Å²) in [5, 5.41) is 13.0. The minimum Gasteiger partial charge on any atom is -0.306 e. The van der Waals surface area contributed by atoms with Gasteiger partial charge >= 0.3 is 0 Å².